The second-order valence-corrected chi connectivity index (χ2v) is 6.08. The van der Waals surface area contributed by atoms with E-state index in [-0.39, 0.29) is 0 Å². The van der Waals surface area contributed by atoms with Crippen molar-refractivity contribution in [3.63, 3.8) is 0 Å². The standard InChI is InChI=1S/C14H18ClNO/c1-14(17)12-5-6-16(2)8-11(12)10-4-3-9(15)7-13(10)14/h3-4,7,11-12,17H,5-6,8H2,1-2H3. The van der Waals surface area contributed by atoms with Crippen molar-refractivity contribution in [2.45, 2.75) is 24.9 Å². The fourth-order valence-corrected chi connectivity index (χ4v) is 3.76. The first-order valence-corrected chi connectivity index (χ1v) is 6.59. The molecular formula is C14H18ClNO. The minimum absolute atomic E-state index is 0.340. The summed E-state index contributed by atoms with van der Waals surface area (Å²) >= 11 is 6.06. The zero-order valence-electron chi connectivity index (χ0n) is 10.3. The number of hydrogen-bond donors (Lipinski definition) is 1. The number of aliphatic hydroxyl groups is 1. The van der Waals surface area contributed by atoms with Gasteiger partial charge in [0.15, 0.2) is 0 Å². The largest absolute Gasteiger partial charge is 0.385 e. The Morgan fingerprint density at radius 2 is 2.24 bits per heavy atom. The highest BCUT2D eigenvalue weighted by atomic mass is 35.5. The molecule has 0 bridgehead atoms. The lowest BCUT2D eigenvalue weighted by molar-refractivity contribution is -0.0234. The van der Waals surface area contributed by atoms with Crippen molar-refractivity contribution in [2.24, 2.45) is 5.92 Å². The smallest absolute Gasteiger partial charge is 0.0906 e. The molecule has 3 heteroatoms. The second-order valence-electron chi connectivity index (χ2n) is 5.64. The molecule has 92 valence electrons. The van der Waals surface area contributed by atoms with E-state index in [1.54, 1.807) is 0 Å². The van der Waals surface area contributed by atoms with Crippen LogP contribution in [0.1, 0.15) is 30.4 Å². The van der Waals surface area contributed by atoms with E-state index in [1.807, 2.05) is 19.1 Å². The number of likely N-dealkylation sites (N-methyl/N-ethyl adjacent to an activating group) is 1. The molecule has 1 aromatic carbocycles. The van der Waals surface area contributed by atoms with Crippen LogP contribution in [0.25, 0.3) is 0 Å². The van der Waals surface area contributed by atoms with Crippen LogP contribution in [0.4, 0.5) is 0 Å². The second kappa shape index (κ2) is 3.71. The Balaban J connectivity index is 2.11. The number of halogens is 1. The number of benzene rings is 1. The Hall–Kier alpha value is -0.570. The number of rotatable bonds is 0. The highest BCUT2D eigenvalue weighted by Crippen LogP contribution is 2.52. The van der Waals surface area contributed by atoms with Gasteiger partial charge in [-0.15, -0.1) is 0 Å². The minimum atomic E-state index is -0.716. The molecular weight excluding hydrogens is 234 g/mol. The van der Waals surface area contributed by atoms with Crippen LogP contribution in [0.3, 0.4) is 0 Å². The molecule has 2 nitrogen and oxygen atoms in total. The number of hydrogen-bond acceptors (Lipinski definition) is 2. The molecule has 1 aliphatic heterocycles. The fraction of sp³-hybridized carbons (Fsp3) is 0.571. The molecule has 17 heavy (non-hydrogen) atoms. The molecule has 3 rings (SSSR count). The number of piperidine rings is 1. The normalized spacial score (nSPS) is 36.7. The van der Waals surface area contributed by atoms with Crippen LogP contribution in [-0.2, 0) is 5.60 Å². The van der Waals surface area contributed by atoms with Crippen molar-refractivity contribution in [3.05, 3.63) is 34.3 Å². The Bertz CT molecular complexity index is 458. The van der Waals surface area contributed by atoms with E-state index in [0.717, 1.165) is 30.1 Å². The minimum Gasteiger partial charge on any atom is -0.385 e. The third kappa shape index (κ3) is 1.62. The quantitative estimate of drug-likeness (QED) is 0.766. The molecule has 3 unspecified atom stereocenters. The molecule has 0 saturated carbocycles. The van der Waals surface area contributed by atoms with E-state index in [4.69, 9.17) is 11.6 Å². The predicted molar refractivity (Wildman–Crippen MR) is 69.4 cm³/mol. The highest BCUT2D eigenvalue weighted by Gasteiger charge is 2.49. The summed E-state index contributed by atoms with van der Waals surface area (Å²) in [6.45, 7) is 4.05. The van der Waals surface area contributed by atoms with Gasteiger partial charge in [-0.2, -0.15) is 0 Å². The highest BCUT2D eigenvalue weighted by molar-refractivity contribution is 6.30. The maximum absolute atomic E-state index is 10.8. The Morgan fingerprint density at radius 3 is 3.00 bits per heavy atom. The Morgan fingerprint density at radius 1 is 1.47 bits per heavy atom. The summed E-state index contributed by atoms with van der Waals surface area (Å²) < 4.78 is 0. The molecule has 1 saturated heterocycles. The third-order valence-electron chi connectivity index (χ3n) is 4.50. The molecule has 1 fully saturated rings. The zero-order chi connectivity index (χ0) is 12.2. The lowest BCUT2D eigenvalue weighted by atomic mass is 9.79. The summed E-state index contributed by atoms with van der Waals surface area (Å²) in [5, 5.41) is 11.5. The average Bonchev–Trinajstić information content (AvgIpc) is 2.48. The van der Waals surface area contributed by atoms with Gasteiger partial charge in [-0.25, -0.2) is 0 Å². The van der Waals surface area contributed by atoms with Crippen LogP contribution in [0, 0.1) is 5.92 Å². The summed E-state index contributed by atoms with van der Waals surface area (Å²) in [6, 6.07) is 5.97. The third-order valence-corrected chi connectivity index (χ3v) is 4.73. The van der Waals surface area contributed by atoms with Crippen LogP contribution >= 0.6 is 11.6 Å². The van der Waals surface area contributed by atoms with Gasteiger partial charge in [0.25, 0.3) is 0 Å². The van der Waals surface area contributed by atoms with Gasteiger partial charge in [0.05, 0.1) is 5.60 Å². The molecule has 0 aromatic heterocycles. The topological polar surface area (TPSA) is 23.5 Å². The van der Waals surface area contributed by atoms with E-state index in [1.165, 1.54) is 5.56 Å². The first kappa shape index (κ1) is 11.5. The summed E-state index contributed by atoms with van der Waals surface area (Å²) in [6.07, 6.45) is 1.06. The van der Waals surface area contributed by atoms with Crippen LogP contribution in [0.5, 0.6) is 0 Å². The van der Waals surface area contributed by atoms with Gasteiger partial charge in [-0.3, -0.25) is 0 Å². The van der Waals surface area contributed by atoms with Gasteiger partial charge in [0.2, 0.25) is 0 Å². The first-order valence-electron chi connectivity index (χ1n) is 6.21. The van der Waals surface area contributed by atoms with Crippen LogP contribution in [0.2, 0.25) is 5.02 Å². The van der Waals surface area contributed by atoms with E-state index in [0.29, 0.717) is 11.8 Å². The summed E-state index contributed by atoms with van der Waals surface area (Å²) in [7, 11) is 2.15. The summed E-state index contributed by atoms with van der Waals surface area (Å²) in [5.74, 6) is 0.795. The van der Waals surface area contributed by atoms with Crippen molar-refractivity contribution in [3.8, 4) is 0 Å². The zero-order valence-corrected chi connectivity index (χ0v) is 11.0. The van der Waals surface area contributed by atoms with Crippen molar-refractivity contribution in [1.82, 2.24) is 4.90 Å². The SMILES string of the molecule is CN1CCC2C(C1)c1ccc(Cl)cc1C2(C)O. The molecule has 1 aliphatic carbocycles. The fourth-order valence-electron chi connectivity index (χ4n) is 3.59. The molecule has 0 amide bonds. The first-order chi connectivity index (χ1) is 8.00. The summed E-state index contributed by atoms with van der Waals surface area (Å²) in [4.78, 5) is 2.35. The number of nitrogens with zero attached hydrogens (tertiary/aromatic N) is 1. The van der Waals surface area contributed by atoms with Crippen LogP contribution in [-0.4, -0.2) is 30.1 Å². The lowest BCUT2D eigenvalue weighted by Crippen LogP contribution is -2.40. The van der Waals surface area contributed by atoms with Crippen LogP contribution in [0.15, 0.2) is 18.2 Å². The van der Waals surface area contributed by atoms with Gasteiger partial charge >= 0.3 is 0 Å². The van der Waals surface area contributed by atoms with Crippen molar-refractivity contribution >= 4 is 11.6 Å². The monoisotopic (exact) mass is 251 g/mol. The van der Waals surface area contributed by atoms with Gasteiger partial charge in [-0.05, 0) is 50.2 Å². The van der Waals surface area contributed by atoms with Gasteiger partial charge in [0, 0.05) is 23.4 Å². The van der Waals surface area contributed by atoms with Crippen molar-refractivity contribution < 1.29 is 5.11 Å². The predicted octanol–water partition coefficient (Wildman–Crippen LogP) is 2.60. The molecule has 1 N–H and O–H groups in total. The summed E-state index contributed by atoms with van der Waals surface area (Å²) in [5.41, 5.74) is 1.61. The number of fused-ring (bicyclic) bond motifs is 3. The van der Waals surface area contributed by atoms with Crippen molar-refractivity contribution in [1.29, 1.82) is 0 Å². The molecule has 1 aromatic rings. The molecule has 1 heterocycles. The maximum atomic E-state index is 10.8. The van der Waals surface area contributed by atoms with E-state index in [9.17, 15) is 5.11 Å². The Kier molecular flexibility index (Phi) is 2.51. The van der Waals surface area contributed by atoms with Gasteiger partial charge in [0.1, 0.15) is 0 Å². The van der Waals surface area contributed by atoms with Crippen LogP contribution < -0.4 is 0 Å². The van der Waals surface area contributed by atoms with Gasteiger partial charge < -0.3 is 10.0 Å². The molecule has 0 radical (unpaired) electrons. The lowest BCUT2D eigenvalue weighted by Gasteiger charge is -2.37. The van der Waals surface area contributed by atoms with E-state index >= 15 is 0 Å². The average molecular weight is 252 g/mol. The molecule has 2 aliphatic rings. The number of likely N-dealkylation sites (tertiary alicyclic amines) is 1. The molecule has 3 atom stereocenters. The van der Waals surface area contributed by atoms with E-state index < -0.39 is 5.60 Å². The van der Waals surface area contributed by atoms with E-state index in [2.05, 4.69) is 18.0 Å². The van der Waals surface area contributed by atoms with Crippen molar-refractivity contribution in [2.75, 3.05) is 20.1 Å². The van der Waals surface area contributed by atoms with Gasteiger partial charge in [-0.1, -0.05) is 17.7 Å². The Labute approximate surface area is 107 Å². The molecule has 0 spiro atoms. The maximum Gasteiger partial charge on any atom is 0.0906 e.